The summed E-state index contributed by atoms with van der Waals surface area (Å²) >= 11 is 1.76. The molecule has 1 fully saturated rings. The fraction of sp³-hybridized carbons (Fsp3) is 0.750. The van der Waals surface area contributed by atoms with Crippen molar-refractivity contribution in [2.24, 2.45) is 5.41 Å². The Kier molecular flexibility index (Phi) is 3.12. The molecule has 1 saturated carbocycles. The van der Waals surface area contributed by atoms with Gasteiger partial charge in [-0.25, -0.2) is 4.98 Å². The number of nitrogens with one attached hydrogen (secondary N) is 1. The van der Waals surface area contributed by atoms with Crippen molar-refractivity contribution >= 4 is 11.3 Å². The third-order valence-corrected chi connectivity index (χ3v) is 4.14. The first-order chi connectivity index (χ1) is 7.05. The average Bonchev–Trinajstić information content (AvgIpc) is 2.69. The van der Waals surface area contributed by atoms with Crippen LogP contribution in [0.25, 0.3) is 0 Å². The van der Waals surface area contributed by atoms with Crippen molar-refractivity contribution in [1.82, 2.24) is 10.3 Å². The maximum absolute atomic E-state index is 4.46. The van der Waals surface area contributed by atoms with E-state index in [9.17, 15) is 0 Å². The zero-order valence-corrected chi connectivity index (χ0v) is 10.7. The van der Waals surface area contributed by atoms with Crippen molar-refractivity contribution in [3.63, 3.8) is 0 Å². The third kappa shape index (κ3) is 3.02. The maximum Gasteiger partial charge on any atom is 0.107 e. The van der Waals surface area contributed by atoms with Crippen molar-refractivity contribution in [2.45, 2.75) is 52.6 Å². The summed E-state index contributed by atoms with van der Waals surface area (Å²) < 4.78 is 0. The molecule has 0 amide bonds. The van der Waals surface area contributed by atoms with Gasteiger partial charge in [0, 0.05) is 23.7 Å². The maximum atomic E-state index is 4.46. The topological polar surface area (TPSA) is 24.9 Å². The van der Waals surface area contributed by atoms with Crippen LogP contribution in [0.4, 0.5) is 0 Å². The van der Waals surface area contributed by atoms with Gasteiger partial charge in [0.15, 0.2) is 0 Å². The van der Waals surface area contributed by atoms with Gasteiger partial charge >= 0.3 is 0 Å². The molecule has 0 aliphatic heterocycles. The second-order valence-electron chi connectivity index (χ2n) is 5.37. The predicted molar refractivity (Wildman–Crippen MR) is 65.1 cm³/mol. The molecule has 0 spiro atoms. The van der Waals surface area contributed by atoms with E-state index in [2.05, 4.69) is 36.5 Å². The fourth-order valence-corrected chi connectivity index (χ4v) is 3.05. The first-order valence-corrected chi connectivity index (χ1v) is 6.57. The fourth-order valence-electron chi connectivity index (χ4n) is 2.33. The lowest BCUT2D eigenvalue weighted by Crippen LogP contribution is -2.26. The van der Waals surface area contributed by atoms with E-state index in [0.717, 1.165) is 12.2 Å². The molecule has 1 aromatic heterocycles. The molecular weight excluding hydrogens is 204 g/mol. The molecule has 1 aliphatic carbocycles. The third-order valence-electron chi connectivity index (χ3n) is 3.18. The molecule has 2 rings (SSSR count). The molecule has 1 N–H and O–H groups in total. The number of nitrogens with zero attached hydrogens (tertiary/aromatic N) is 1. The monoisotopic (exact) mass is 224 g/mol. The van der Waals surface area contributed by atoms with Crippen LogP contribution < -0.4 is 5.32 Å². The van der Waals surface area contributed by atoms with Crippen molar-refractivity contribution < 1.29 is 0 Å². The minimum atomic E-state index is 0.538. The van der Waals surface area contributed by atoms with Crippen LogP contribution in [0.1, 0.15) is 43.8 Å². The highest BCUT2D eigenvalue weighted by molar-refractivity contribution is 7.09. The Morgan fingerprint density at radius 3 is 2.93 bits per heavy atom. The van der Waals surface area contributed by atoms with Crippen molar-refractivity contribution in [1.29, 1.82) is 0 Å². The van der Waals surface area contributed by atoms with Crippen molar-refractivity contribution in [3.8, 4) is 0 Å². The van der Waals surface area contributed by atoms with Gasteiger partial charge in [0.25, 0.3) is 0 Å². The Bertz CT molecular complexity index is 330. The lowest BCUT2D eigenvalue weighted by molar-refractivity contribution is 0.364. The van der Waals surface area contributed by atoms with E-state index >= 15 is 0 Å². The highest BCUT2D eigenvalue weighted by atomic mass is 32.1. The quantitative estimate of drug-likeness (QED) is 0.853. The largest absolute Gasteiger partial charge is 0.308 e. The van der Waals surface area contributed by atoms with Gasteiger partial charge in [-0.15, -0.1) is 11.3 Å². The number of aryl methyl sites for hydroxylation is 1. The molecule has 1 unspecified atom stereocenters. The lowest BCUT2D eigenvalue weighted by atomic mass is 9.92. The molecule has 1 heterocycles. The Labute approximate surface area is 96.1 Å². The Balaban J connectivity index is 1.80. The summed E-state index contributed by atoms with van der Waals surface area (Å²) in [7, 11) is 0. The summed E-state index contributed by atoms with van der Waals surface area (Å²) in [6.45, 7) is 7.72. The van der Waals surface area contributed by atoms with Crippen molar-refractivity contribution in [3.05, 3.63) is 16.1 Å². The van der Waals surface area contributed by atoms with Gasteiger partial charge in [-0.3, -0.25) is 0 Å². The molecule has 0 radical (unpaired) electrons. The van der Waals surface area contributed by atoms with Gasteiger partial charge in [-0.2, -0.15) is 0 Å². The summed E-state index contributed by atoms with van der Waals surface area (Å²) in [5.74, 6) is 0. The van der Waals surface area contributed by atoms with Gasteiger partial charge in [-0.05, 0) is 31.6 Å². The molecule has 1 atom stereocenters. The van der Waals surface area contributed by atoms with Crippen LogP contribution in [0.15, 0.2) is 5.38 Å². The van der Waals surface area contributed by atoms with E-state index in [1.165, 1.54) is 24.3 Å². The number of hydrogen-bond donors (Lipinski definition) is 1. The zero-order chi connectivity index (χ0) is 10.9. The highest BCUT2D eigenvalue weighted by Gasteiger charge is 2.30. The Morgan fingerprint density at radius 2 is 2.40 bits per heavy atom. The van der Waals surface area contributed by atoms with Gasteiger partial charge in [0.2, 0.25) is 0 Å². The molecule has 3 heteroatoms. The van der Waals surface area contributed by atoms with E-state index in [1.54, 1.807) is 11.3 Å². The number of rotatable bonds is 3. The molecule has 1 aromatic rings. The summed E-state index contributed by atoms with van der Waals surface area (Å²) in [6, 6.07) is 0.698. The number of thiazole rings is 1. The Hall–Kier alpha value is -0.410. The molecule has 1 aliphatic rings. The molecule has 15 heavy (non-hydrogen) atoms. The first kappa shape index (κ1) is 11.1. The normalized spacial score (nSPS) is 24.6. The standard InChI is InChI=1S/C12H20N2S/c1-9-8-15-11(14-9)7-13-10-4-5-12(2,3)6-10/h8,10,13H,4-7H2,1-3H3. The minimum Gasteiger partial charge on any atom is -0.308 e. The van der Waals surface area contributed by atoms with Crippen LogP contribution in [-0.4, -0.2) is 11.0 Å². The van der Waals surface area contributed by atoms with Crippen LogP contribution in [0.3, 0.4) is 0 Å². The lowest BCUT2D eigenvalue weighted by Gasteiger charge is -2.17. The second kappa shape index (κ2) is 4.22. The molecule has 84 valence electrons. The molecule has 2 nitrogen and oxygen atoms in total. The van der Waals surface area contributed by atoms with Crippen LogP contribution >= 0.6 is 11.3 Å². The van der Waals surface area contributed by atoms with Gasteiger partial charge in [0.05, 0.1) is 0 Å². The molecule has 0 saturated heterocycles. The van der Waals surface area contributed by atoms with Gasteiger partial charge < -0.3 is 5.32 Å². The van der Waals surface area contributed by atoms with E-state index < -0.39 is 0 Å². The molecule has 0 bridgehead atoms. The first-order valence-electron chi connectivity index (χ1n) is 5.70. The van der Waals surface area contributed by atoms with E-state index in [-0.39, 0.29) is 0 Å². The predicted octanol–water partition coefficient (Wildman–Crippen LogP) is 3.12. The Morgan fingerprint density at radius 1 is 1.60 bits per heavy atom. The van der Waals surface area contributed by atoms with Crippen LogP contribution in [-0.2, 0) is 6.54 Å². The smallest absolute Gasteiger partial charge is 0.107 e. The summed E-state index contributed by atoms with van der Waals surface area (Å²) in [4.78, 5) is 4.46. The van der Waals surface area contributed by atoms with E-state index in [0.29, 0.717) is 11.5 Å². The van der Waals surface area contributed by atoms with Crippen molar-refractivity contribution in [2.75, 3.05) is 0 Å². The van der Waals surface area contributed by atoms with Gasteiger partial charge in [-0.1, -0.05) is 13.8 Å². The SMILES string of the molecule is Cc1csc(CNC2CCC(C)(C)C2)n1. The zero-order valence-electron chi connectivity index (χ0n) is 9.84. The summed E-state index contributed by atoms with van der Waals surface area (Å²) in [6.07, 6.45) is 3.97. The molecular formula is C12H20N2S. The second-order valence-corrected chi connectivity index (χ2v) is 6.31. The number of aromatic nitrogens is 1. The van der Waals surface area contributed by atoms with Crippen LogP contribution in [0.2, 0.25) is 0 Å². The summed E-state index contributed by atoms with van der Waals surface area (Å²) in [5.41, 5.74) is 1.68. The van der Waals surface area contributed by atoms with Gasteiger partial charge in [0.1, 0.15) is 5.01 Å². The summed E-state index contributed by atoms with van der Waals surface area (Å²) in [5, 5.41) is 6.96. The van der Waals surface area contributed by atoms with Crippen LogP contribution in [0, 0.1) is 12.3 Å². The minimum absolute atomic E-state index is 0.538. The van der Waals surface area contributed by atoms with E-state index in [1.807, 2.05) is 0 Å². The van der Waals surface area contributed by atoms with E-state index in [4.69, 9.17) is 0 Å². The average molecular weight is 224 g/mol. The van der Waals surface area contributed by atoms with Crippen LogP contribution in [0.5, 0.6) is 0 Å². The number of hydrogen-bond acceptors (Lipinski definition) is 3. The molecule has 0 aromatic carbocycles. The highest BCUT2D eigenvalue weighted by Crippen LogP contribution is 2.36.